The fourth-order valence-electron chi connectivity index (χ4n) is 3.21. The lowest BCUT2D eigenvalue weighted by molar-refractivity contribution is -0.119. The Hall–Kier alpha value is -3.32. The van der Waals surface area contributed by atoms with E-state index in [2.05, 4.69) is 5.32 Å². The van der Waals surface area contributed by atoms with Crippen LogP contribution < -0.4 is 14.4 Å². The van der Waals surface area contributed by atoms with Crippen LogP contribution in [-0.2, 0) is 14.8 Å². The maximum absolute atomic E-state index is 13.4. The van der Waals surface area contributed by atoms with Crippen molar-refractivity contribution in [3.63, 3.8) is 0 Å². The Morgan fingerprint density at radius 1 is 0.935 bits per heavy atom. The monoisotopic (exact) mass is 438 g/mol. The number of methoxy groups -OCH3 is 1. The molecular formula is C24H26N2O4S. The Morgan fingerprint density at radius 3 is 2.16 bits per heavy atom. The number of hydrogen-bond donors (Lipinski definition) is 1. The van der Waals surface area contributed by atoms with Crippen molar-refractivity contribution in [2.45, 2.75) is 17.7 Å². The van der Waals surface area contributed by atoms with E-state index >= 15 is 0 Å². The third kappa shape index (κ3) is 5.44. The van der Waals surface area contributed by atoms with Gasteiger partial charge in [-0.05, 0) is 35.7 Å². The summed E-state index contributed by atoms with van der Waals surface area (Å²) < 4.78 is 33.2. The lowest BCUT2D eigenvalue weighted by Crippen LogP contribution is -2.42. The minimum atomic E-state index is -3.98. The maximum Gasteiger partial charge on any atom is 0.264 e. The second-order valence-electron chi connectivity index (χ2n) is 7.11. The molecule has 1 N–H and O–H groups in total. The Balaban J connectivity index is 1.84. The number of amides is 1. The van der Waals surface area contributed by atoms with Gasteiger partial charge in [0.15, 0.2) is 0 Å². The van der Waals surface area contributed by atoms with Crippen molar-refractivity contribution in [2.24, 2.45) is 0 Å². The zero-order valence-corrected chi connectivity index (χ0v) is 18.4. The molecule has 6 nitrogen and oxygen atoms in total. The summed E-state index contributed by atoms with van der Waals surface area (Å²) in [5.41, 5.74) is 1.40. The van der Waals surface area contributed by atoms with Crippen molar-refractivity contribution >= 4 is 21.6 Å². The minimum Gasteiger partial charge on any atom is -0.495 e. The second-order valence-corrected chi connectivity index (χ2v) is 8.97. The highest BCUT2D eigenvalue weighted by atomic mass is 32.2. The van der Waals surface area contributed by atoms with E-state index in [1.54, 1.807) is 42.5 Å². The molecule has 3 aromatic rings. The molecule has 1 atom stereocenters. The van der Waals surface area contributed by atoms with Gasteiger partial charge in [0.2, 0.25) is 5.91 Å². The van der Waals surface area contributed by atoms with Crippen molar-refractivity contribution in [1.82, 2.24) is 5.32 Å². The van der Waals surface area contributed by atoms with Crippen LogP contribution in [0.2, 0.25) is 0 Å². The topological polar surface area (TPSA) is 75.7 Å². The Bertz CT molecular complexity index is 1100. The second kappa shape index (κ2) is 10.1. The number of rotatable bonds is 9. The van der Waals surface area contributed by atoms with Gasteiger partial charge >= 0.3 is 0 Å². The van der Waals surface area contributed by atoms with Crippen LogP contribution in [0.4, 0.5) is 5.69 Å². The summed E-state index contributed by atoms with van der Waals surface area (Å²) in [6.45, 7) is 2.04. The molecule has 0 radical (unpaired) electrons. The number of benzene rings is 3. The van der Waals surface area contributed by atoms with Gasteiger partial charge in [-0.2, -0.15) is 0 Å². The first-order chi connectivity index (χ1) is 14.9. The normalized spacial score (nSPS) is 12.1. The van der Waals surface area contributed by atoms with Gasteiger partial charge in [0.05, 0.1) is 17.7 Å². The minimum absolute atomic E-state index is 0.0931. The smallest absolute Gasteiger partial charge is 0.264 e. The number of nitrogens with zero attached hydrogens (tertiary/aromatic N) is 1. The summed E-state index contributed by atoms with van der Waals surface area (Å²) >= 11 is 0. The standard InChI is InChI=1S/C24H26N2O4S/c1-19(20-11-5-3-6-12-20)17-25-24(27)18-26(22-15-9-10-16-23(22)30-2)31(28,29)21-13-7-4-8-14-21/h3-16,19H,17-18H2,1-2H3,(H,25,27)/t19-/m1/s1. The molecule has 3 rings (SSSR count). The molecule has 0 heterocycles. The summed E-state index contributed by atoms with van der Waals surface area (Å²) in [6.07, 6.45) is 0. The van der Waals surface area contributed by atoms with Crippen LogP contribution >= 0.6 is 0 Å². The summed E-state index contributed by atoms with van der Waals surface area (Å²) in [5.74, 6) is 0.0660. The van der Waals surface area contributed by atoms with E-state index in [9.17, 15) is 13.2 Å². The molecule has 0 aromatic heterocycles. The Labute approximate surface area is 183 Å². The van der Waals surface area contributed by atoms with E-state index in [-0.39, 0.29) is 17.4 Å². The van der Waals surface area contributed by atoms with E-state index in [4.69, 9.17) is 4.74 Å². The molecule has 3 aromatic carbocycles. The zero-order valence-electron chi connectivity index (χ0n) is 17.6. The SMILES string of the molecule is COc1ccccc1N(CC(=O)NC[C@@H](C)c1ccccc1)S(=O)(=O)c1ccccc1. The van der Waals surface area contributed by atoms with Crippen molar-refractivity contribution in [1.29, 1.82) is 0 Å². The van der Waals surface area contributed by atoms with Crippen LogP contribution in [0.15, 0.2) is 89.8 Å². The summed E-state index contributed by atoms with van der Waals surface area (Å²) in [7, 11) is -2.51. The van der Waals surface area contributed by atoms with Crippen LogP contribution in [0.3, 0.4) is 0 Å². The van der Waals surface area contributed by atoms with Crippen LogP contribution in [-0.4, -0.2) is 34.5 Å². The highest BCUT2D eigenvalue weighted by Gasteiger charge is 2.29. The van der Waals surface area contributed by atoms with Crippen molar-refractivity contribution in [3.8, 4) is 5.75 Å². The third-order valence-electron chi connectivity index (χ3n) is 4.95. The molecule has 0 unspecified atom stereocenters. The Kier molecular flexibility index (Phi) is 7.31. The van der Waals surface area contributed by atoms with Crippen LogP contribution in [0.25, 0.3) is 0 Å². The van der Waals surface area contributed by atoms with Gasteiger partial charge in [0, 0.05) is 6.54 Å². The van der Waals surface area contributed by atoms with Crippen LogP contribution in [0.1, 0.15) is 18.4 Å². The first-order valence-electron chi connectivity index (χ1n) is 9.96. The largest absolute Gasteiger partial charge is 0.495 e. The molecule has 0 spiro atoms. The van der Waals surface area contributed by atoms with Gasteiger partial charge in [-0.15, -0.1) is 0 Å². The van der Waals surface area contributed by atoms with E-state index in [0.29, 0.717) is 18.0 Å². The number of carbonyl (C=O) groups excluding carboxylic acids is 1. The average Bonchev–Trinajstić information content (AvgIpc) is 2.82. The first-order valence-corrected chi connectivity index (χ1v) is 11.4. The van der Waals surface area contributed by atoms with Gasteiger partial charge in [-0.1, -0.05) is 67.6 Å². The molecule has 0 bridgehead atoms. The summed E-state index contributed by atoms with van der Waals surface area (Å²) in [6, 6.07) is 24.6. The van der Waals surface area contributed by atoms with Crippen molar-refractivity contribution in [3.05, 3.63) is 90.5 Å². The van der Waals surface area contributed by atoms with Gasteiger partial charge in [-0.3, -0.25) is 9.10 Å². The molecule has 0 aliphatic carbocycles. The summed E-state index contributed by atoms with van der Waals surface area (Å²) in [5, 5.41) is 2.86. The van der Waals surface area contributed by atoms with Gasteiger partial charge < -0.3 is 10.1 Å². The fraction of sp³-hybridized carbons (Fsp3) is 0.208. The molecule has 0 saturated heterocycles. The van der Waals surface area contributed by atoms with Gasteiger partial charge in [0.25, 0.3) is 10.0 Å². The van der Waals surface area contributed by atoms with E-state index in [1.807, 2.05) is 37.3 Å². The van der Waals surface area contributed by atoms with Gasteiger partial charge in [0.1, 0.15) is 12.3 Å². The fourth-order valence-corrected chi connectivity index (χ4v) is 4.66. The number of hydrogen-bond acceptors (Lipinski definition) is 4. The van der Waals surface area contributed by atoms with Gasteiger partial charge in [-0.25, -0.2) is 8.42 Å². The predicted molar refractivity (Wildman–Crippen MR) is 122 cm³/mol. The number of nitrogens with one attached hydrogen (secondary N) is 1. The molecule has 0 fully saturated rings. The van der Waals surface area contributed by atoms with Crippen LogP contribution in [0.5, 0.6) is 5.75 Å². The Morgan fingerprint density at radius 2 is 1.52 bits per heavy atom. The van der Waals surface area contributed by atoms with E-state index in [1.165, 1.54) is 19.2 Å². The maximum atomic E-state index is 13.4. The highest BCUT2D eigenvalue weighted by molar-refractivity contribution is 7.92. The number of para-hydroxylation sites is 2. The molecule has 162 valence electrons. The summed E-state index contributed by atoms with van der Waals surface area (Å²) in [4.78, 5) is 12.9. The molecule has 1 amide bonds. The van der Waals surface area contributed by atoms with E-state index in [0.717, 1.165) is 9.87 Å². The number of ether oxygens (including phenoxy) is 1. The first kappa shape index (κ1) is 22.4. The number of anilines is 1. The molecule has 0 aliphatic heterocycles. The van der Waals surface area contributed by atoms with Crippen LogP contribution in [0, 0.1) is 0 Å². The molecular weight excluding hydrogens is 412 g/mol. The lowest BCUT2D eigenvalue weighted by Gasteiger charge is -2.26. The molecule has 0 saturated carbocycles. The molecule has 0 aliphatic rings. The highest BCUT2D eigenvalue weighted by Crippen LogP contribution is 2.32. The number of sulfonamides is 1. The predicted octanol–water partition coefficient (Wildman–Crippen LogP) is 3.81. The van der Waals surface area contributed by atoms with E-state index < -0.39 is 15.9 Å². The van der Waals surface area contributed by atoms with Crippen molar-refractivity contribution in [2.75, 3.05) is 24.5 Å². The quantitative estimate of drug-likeness (QED) is 0.551. The zero-order chi connectivity index (χ0) is 22.3. The molecule has 7 heteroatoms. The third-order valence-corrected chi connectivity index (χ3v) is 6.72. The lowest BCUT2D eigenvalue weighted by atomic mass is 10.0. The number of carbonyl (C=O) groups is 1. The van der Waals surface area contributed by atoms with Crippen molar-refractivity contribution < 1.29 is 17.9 Å². The average molecular weight is 439 g/mol. The molecule has 31 heavy (non-hydrogen) atoms.